The smallest absolute Gasteiger partial charge is 0.320 e. The minimum absolute atomic E-state index is 0.116. The van der Waals surface area contributed by atoms with Crippen LogP contribution in [0.3, 0.4) is 0 Å². The Bertz CT molecular complexity index is 925. The quantitative estimate of drug-likeness (QED) is 0.173. The zero-order chi connectivity index (χ0) is 26.7. The zero-order valence-electron chi connectivity index (χ0n) is 22.2. The summed E-state index contributed by atoms with van der Waals surface area (Å²) < 4.78 is 12.0. The summed E-state index contributed by atoms with van der Waals surface area (Å²) in [5, 5.41) is 21.7. The highest BCUT2D eigenvalue weighted by molar-refractivity contribution is 5.73. The lowest BCUT2D eigenvalue weighted by molar-refractivity contribution is -0.140. The molecule has 8 nitrogen and oxygen atoms in total. The van der Waals surface area contributed by atoms with E-state index in [0.29, 0.717) is 38.0 Å². The van der Waals surface area contributed by atoms with Crippen molar-refractivity contribution in [1.29, 1.82) is 0 Å². The molecular weight excluding hydrogens is 472 g/mol. The summed E-state index contributed by atoms with van der Waals surface area (Å²) in [4.78, 5) is 22.3. The van der Waals surface area contributed by atoms with Crippen LogP contribution in [0, 0.1) is 5.41 Å². The Balaban J connectivity index is 1.70. The van der Waals surface area contributed by atoms with Gasteiger partial charge in [-0.2, -0.15) is 0 Å². The van der Waals surface area contributed by atoms with Crippen LogP contribution in [0.15, 0.2) is 29.8 Å². The van der Waals surface area contributed by atoms with Gasteiger partial charge in [0.05, 0.1) is 18.2 Å². The van der Waals surface area contributed by atoms with Crippen molar-refractivity contribution in [3.63, 3.8) is 0 Å². The third-order valence-electron chi connectivity index (χ3n) is 7.62. The average molecular weight is 517 g/mol. The highest BCUT2D eigenvalue weighted by Gasteiger charge is 2.32. The molecule has 8 heteroatoms. The Morgan fingerprint density at radius 3 is 2.57 bits per heavy atom. The van der Waals surface area contributed by atoms with Crippen LogP contribution in [0.4, 0.5) is 5.69 Å². The molecule has 5 N–H and O–H groups in total. The van der Waals surface area contributed by atoms with E-state index in [1.165, 1.54) is 50.5 Å². The second-order valence-electron chi connectivity index (χ2n) is 10.5. The second kappa shape index (κ2) is 14.4. The fraction of sp³-hybridized carbons (Fsp3) is 0.655. The summed E-state index contributed by atoms with van der Waals surface area (Å²) in [7, 11) is 0. The van der Waals surface area contributed by atoms with Crippen molar-refractivity contribution in [3.8, 4) is 5.75 Å². The van der Waals surface area contributed by atoms with Gasteiger partial charge in [0.2, 0.25) is 0 Å². The van der Waals surface area contributed by atoms with Crippen LogP contribution in [0.5, 0.6) is 5.75 Å². The maximum atomic E-state index is 11.4. The predicted octanol–water partition coefficient (Wildman–Crippen LogP) is 5.67. The van der Waals surface area contributed by atoms with Crippen LogP contribution in [-0.2, 0) is 14.3 Å². The molecule has 0 amide bonds. The van der Waals surface area contributed by atoms with E-state index < -0.39 is 24.1 Å². The number of allylic oxidation sites excluding steroid dienone is 1. The molecule has 1 aromatic carbocycles. The van der Waals surface area contributed by atoms with Crippen LogP contribution < -0.4 is 15.8 Å². The van der Waals surface area contributed by atoms with Gasteiger partial charge >= 0.3 is 11.9 Å². The Hall–Kier alpha value is -2.58. The van der Waals surface area contributed by atoms with Crippen molar-refractivity contribution < 1.29 is 29.3 Å². The highest BCUT2D eigenvalue weighted by atomic mass is 16.5. The van der Waals surface area contributed by atoms with Gasteiger partial charge in [0.15, 0.2) is 0 Å². The van der Waals surface area contributed by atoms with Gasteiger partial charge in [-0.25, -0.2) is 0 Å². The first-order valence-corrected chi connectivity index (χ1v) is 13.8. The van der Waals surface area contributed by atoms with Crippen molar-refractivity contribution >= 4 is 17.6 Å². The molecule has 1 fully saturated rings. The summed E-state index contributed by atoms with van der Waals surface area (Å²) in [5.41, 5.74) is 8.91. The normalized spacial score (nSPS) is 18.6. The molecule has 37 heavy (non-hydrogen) atoms. The number of rotatable bonds is 15. The maximum Gasteiger partial charge on any atom is 0.320 e. The molecule has 0 aliphatic heterocycles. The molecule has 206 valence electrons. The monoisotopic (exact) mass is 516 g/mol. The summed E-state index contributed by atoms with van der Waals surface area (Å²) >= 11 is 0. The molecular formula is C29H44N2O6. The van der Waals surface area contributed by atoms with E-state index in [0.717, 1.165) is 29.8 Å². The van der Waals surface area contributed by atoms with E-state index >= 15 is 0 Å². The van der Waals surface area contributed by atoms with Gasteiger partial charge in [-0.3, -0.25) is 9.59 Å². The van der Waals surface area contributed by atoms with E-state index in [1.807, 2.05) is 25.1 Å². The van der Waals surface area contributed by atoms with E-state index in [9.17, 15) is 14.7 Å². The van der Waals surface area contributed by atoms with Crippen LogP contribution in [0.2, 0.25) is 0 Å². The highest BCUT2D eigenvalue weighted by Crippen LogP contribution is 2.45. The number of hydrogen-bond acceptors (Lipinski definition) is 6. The van der Waals surface area contributed by atoms with Gasteiger partial charge in [-0.1, -0.05) is 31.4 Å². The third kappa shape index (κ3) is 9.04. The first-order valence-electron chi connectivity index (χ1n) is 13.8. The number of carbonyl (C=O) groups is 2. The average Bonchev–Trinajstić information content (AvgIpc) is 2.87. The van der Waals surface area contributed by atoms with Crippen molar-refractivity contribution in [2.24, 2.45) is 11.1 Å². The van der Waals surface area contributed by atoms with Gasteiger partial charge in [-0.05, 0) is 87.0 Å². The standard InChI is InChI=1S/C29H44N2O6/c1-2-36-26(18-27(32)33)22-11-12-25(24(17-22)31-16-7-4-10-23(30)28(34)35)37-20-21-9-8-15-29(19-21)13-5-3-6-14-29/h11-12,17,19,23,26,31H,2-10,13-16,18,20,30H2,1H3,(H,32,33)(H,34,35)/t23-,26?/m0/s1. The number of nitrogens with two attached hydrogens (primary N) is 1. The molecule has 0 bridgehead atoms. The minimum Gasteiger partial charge on any atom is -0.487 e. The molecule has 2 aliphatic carbocycles. The topological polar surface area (TPSA) is 131 Å². The fourth-order valence-electron chi connectivity index (χ4n) is 5.66. The lowest BCUT2D eigenvalue weighted by Crippen LogP contribution is -2.29. The minimum atomic E-state index is -0.983. The SMILES string of the molecule is CCOC(CC(=O)O)c1ccc(OCC2=CC3(CCCCC3)CCC2)c(NCCCC[C@H](N)C(=O)O)c1. The van der Waals surface area contributed by atoms with Crippen LogP contribution >= 0.6 is 0 Å². The Labute approximate surface area is 220 Å². The number of aliphatic carboxylic acids is 2. The van der Waals surface area contributed by atoms with Gasteiger partial charge in [0.25, 0.3) is 0 Å². The number of benzene rings is 1. The van der Waals surface area contributed by atoms with Gasteiger partial charge in [0, 0.05) is 13.2 Å². The number of unbranched alkanes of at least 4 members (excludes halogenated alkanes) is 1. The van der Waals surface area contributed by atoms with Crippen LogP contribution in [-0.4, -0.2) is 48.0 Å². The largest absolute Gasteiger partial charge is 0.487 e. The predicted molar refractivity (Wildman–Crippen MR) is 144 cm³/mol. The fourth-order valence-corrected chi connectivity index (χ4v) is 5.66. The molecule has 1 unspecified atom stereocenters. The number of anilines is 1. The lowest BCUT2D eigenvalue weighted by Gasteiger charge is -2.38. The van der Waals surface area contributed by atoms with Gasteiger partial charge < -0.3 is 30.7 Å². The summed E-state index contributed by atoms with van der Waals surface area (Å²) in [6.45, 7) is 3.44. The summed E-state index contributed by atoms with van der Waals surface area (Å²) in [6.07, 6.45) is 13.8. The van der Waals surface area contributed by atoms with E-state index in [-0.39, 0.29) is 6.42 Å². The molecule has 0 aromatic heterocycles. The van der Waals surface area contributed by atoms with E-state index in [4.69, 9.17) is 20.3 Å². The van der Waals surface area contributed by atoms with E-state index in [2.05, 4.69) is 11.4 Å². The Morgan fingerprint density at radius 1 is 1.11 bits per heavy atom. The van der Waals surface area contributed by atoms with Crippen molar-refractivity contribution in [1.82, 2.24) is 0 Å². The van der Waals surface area contributed by atoms with Crippen molar-refractivity contribution in [2.45, 2.75) is 96.1 Å². The molecule has 1 saturated carbocycles. The lowest BCUT2D eigenvalue weighted by atomic mass is 9.67. The molecule has 1 spiro atoms. The first kappa shape index (κ1) is 29.0. The van der Waals surface area contributed by atoms with Crippen molar-refractivity contribution in [3.05, 3.63) is 35.4 Å². The Kier molecular flexibility index (Phi) is 11.3. The molecule has 2 aliphatic rings. The Morgan fingerprint density at radius 2 is 1.86 bits per heavy atom. The number of carboxylic acid groups (broad SMARTS) is 2. The van der Waals surface area contributed by atoms with Gasteiger partial charge in [-0.15, -0.1) is 0 Å². The molecule has 0 heterocycles. The third-order valence-corrected chi connectivity index (χ3v) is 7.62. The number of carboxylic acids is 2. The van der Waals surface area contributed by atoms with E-state index in [1.54, 1.807) is 0 Å². The number of hydrogen-bond donors (Lipinski definition) is 4. The molecule has 1 aromatic rings. The maximum absolute atomic E-state index is 11.4. The summed E-state index contributed by atoms with van der Waals surface area (Å²) in [5.74, 6) is -1.17. The molecule has 3 rings (SSSR count). The van der Waals surface area contributed by atoms with Crippen molar-refractivity contribution in [2.75, 3.05) is 25.1 Å². The van der Waals surface area contributed by atoms with Gasteiger partial charge in [0.1, 0.15) is 18.4 Å². The number of nitrogens with one attached hydrogen (secondary N) is 1. The molecule has 0 radical (unpaired) electrons. The summed E-state index contributed by atoms with van der Waals surface area (Å²) in [6, 6.07) is 4.85. The second-order valence-corrected chi connectivity index (χ2v) is 10.5. The molecule has 0 saturated heterocycles. The first-order chi connectivity index (χ1) is 17.8. The zero-order valence-corrected chi connectivity index (χ0v) is 22.2. The van der Waals surface area contributed by atoms with Crippen LogP contribution in [0.1, 0.15) is 95.6 Å². The molecule has 2 atom stereocenters. The van der Waals surface area contributed by atoms with Crippen LogP contribution in [0.25, 0.3) is 0 Å². The number of ether oxygens (including phenoxy) is 2.